The SMILES string of the molecule is CC(=O)N1CCC2(CC1)CC(C(=O)Nc1cccc(C#N)c1)c1ccccc12. The summed E-state index contributed by atoms with van der Waals surface area (Å²) < 4.78 is 0. The second-order valence-corrected chi connectivity index (χ2v) is 7.81. The molecule has 1 aliphatic heterocycles. The van der Waals surface area contributed by atoms with Gasteiger partial charge in [-0.3, -0.25) is 9.59 Å². The molecule has 1 fully saturated rings. The van der Waals surface area contributed by atoms with Crippen LogP contribution in [0.15, 0.2) is 48.5 Å². The molecule has 1 saturated heterocycles. The maximum absolute atomic E-state index is 13.1. The fourth-order valence-corrected chi connectivity index (χ4v) is 4.75. The number of nitrogens with zero attached hydrogens (tertiary/aromatic N) is 2. The van der Waals surface area contributed by atoms with Crippen LogP contribution in [0.2, 0.25) is 0 Å². The van der Waals surface area contributed by atoms with Gasteiger partial charge in [0.05, 0.1) is 17.6 Å². The predicted molar refractivity (Wildman–Crippen MR) is 107 cm³/mol. The minimum atomic E-state index is -0.217. The second-order valence-electron chi connectivity index (χ2n) is 7.81. The van der Waals surface area contributed by atoms with Gasteiger partial charge in [-0.1, -0.05) is 30.3 Å². The number of anilines is 1. The van der Waals surface area contributed by atoms with Crippen LogP contribution in [0.3, 0.4) is 0 Å². The highest BCUT2D eigenvalue weighted by atomic mass is 16.2. The molecule has 142 valence electrons. The third-order valence-corrected chi connectivity index (χ3v) is 6.24. The van der Waals surface area contributed by atoms with Crippen LogP contribution >= 0.6 is 0 Å². The van der Waals surface area contributed by atoms with E-state index in [9.17, 15) is 9.59 Å². The molecule has 0 bridgehead atoms. The first-order valence-electron chi connectivity index (χ1n) is 9.68. The Hall–Kier alpha value is -3.13. The van der Waals surface area contributed by atoms with Gasteiger partial charge in [0.2, 0.25) is 11.8 Å². The van der Waals surface area contributed by atoms with Crippen LogP contribution in [-0.4, -0.2) is 29.8 Å². The predicted octanol–water partition coefficient (Wildman–Crippen LogP) is 3.56. The number of nitrogens with one attached hydrogen (secondary N) is 1. The lowest BCUT2D eigenvalue weighted by Gasteiger charge is -2.40. The Morgan fingerprint density at radius 1 is 1.14 bits per heavy atom. The smallest absolute Gasteiger partial charge is 0.231 e. The van der Waals surface area contributed by atoms with Crippen molar-refractivity contribution in [2.75, 3.05) is 18.4 Å². The zero-order chi connectivity index (χ0) is 19.7. The normalized spacial score (nSPS) is 19.7. The van der Waals surface area contributed by atoms with Gasteiger partial charge in [-0.2, -0.15) is 5.26 Å². The van der Waals surface area contributed by atoms with Gasteiger partial charge < -0.3 is 10.2 Å². The number of likely N-dealkylation sites (tertiary alicyclic amines) is 1. The van der Waals surface area contributed by atoms with E-state index in [-0.39, 0.29) is 23.1 Å². The van der Waals surface area contributed by atoms with Gasteiger partial charge in [-0.25, -0.2) is 0 Å². The van der Waals surface area contributed by atoms with E-state index in [0.717, 1.165) is 37.9 Å². The van der Waals surface area contributed by atoms with E-state index in [1.807, 2.05) is 17.0 Å². The molecule has 1 unspecified atom stereocenters. The fraction of sp³-hybridized carbons (Fsp3) is 0.348. The number of hydrogen-bond acceptors (Lipinski definition) is 3. The van der Waals surface area contributed by atoms with Crippen molar-refractivity contribution in [1.29, 1.82) is 5.26 Å². The first-order chi connectivity index (χ1) is 13.5. The molecule has 5 nitrogen and oxygen atoms in total. The van der Waals surface area contributed by atoms with Crippen molar-refractivity contribution in [1.82, 2.24) is 4.90 Å². The number of carbonyl (C=O) groups is 2. The van der Waals surface area contributed by atoms with Gasteiger partial charge in [-0.05, 0) is 48.6 Å². The number of nitriles is 1. The van der Waals surface area contributed by atoms with Gasteiger partial charge >= 0.3 is 0 Å². The largest absolute Gasteiger partial charge is 0.343 e. The zero-order valence-corrected chi connectivity index (χ0v) is 15.9. The fourth-order valence-electron chi connectivity index (χ4n) is 4.75. The highest BCUT2D eigenvalue weighted by Gasteiger charge is 2.47. The number of benzene rings is 2. The summed E-state index contributed by atoms with van der Waals surface area (Å²) in [6.45, 7) is 3.09. The molecule has 0 saturated carbocycles. The number of hydrogen-bond donors (Lipinski definition) is 1. The summed E-state index contributed by atoms with van der Waals surface area (Å²) >= 11 is 0. The molecule has 2 aromatic carbocycles. The van der Waals surface area contributed by atoms with Crippen molar-refractivity contribution in [3.8, 4) is 6.07 Å². The Kier molecular flexibility index (Phi) is 4.64. The molecule has 2 amide bonds. The average molecular weight is 373 g/mol. The Labute approximate surface area is 165 Å². The van der Waals surface area contributed by atoms with E-state index >= 15 is 0 Å². The number of carbonyl (C=O) groups excluding carboxylic acids is 2. The lowest BCUT2D eigenvalue weighted by molar-refractivity contribution is -0.130. The highest BCUT2D eigenvalue weighted by Crippen LogP contribution is 2.51. The third-order valence-electron chi connectivity index (χ3n) is 6.24. The van der Waals surface area contributed by atoms with Crippen LogP contribution in [-0.2, 0) is 15.0 Å². The van der Waals surface area contributed by atoms with Gasteiger partial charge in [0.15, 0.2) is 0 Å². The molecule has 4 rings (SSSR count). The molecule has 2 aliphatic rings. The van der Waals surface area contributed by atoms with E-state index in [1.165, 1.54) is 5.56 Å². The quantitative estimate of drug-likeness (QED) is 0.875. The van der Waals surface area contributed by atoms with Crippen molar-refractivity contribution in [2.45, 2.75) is 37.5 Å². The molecular weight excluding hydrogens is 350 g/mol. The van der Waals surface area contributed by atoms with Crippen molar-refractivity contribution >= 4 is 17.5 Å². The van der Waals surface area contributed by atoms with Gasteiger partial charge in [0.25, 0.3) is 0 Å². The summed E-state index contributed by atoms with van der Waals surface area (Å²) in [6, 6.07) is 17.3. The van der Waals surface area contributed by atoms with Crippen LogP contribution in [0.5, 0.6) is 0 Å². The molecular formula is C23H23N3O2. The lowest BCUT2D eigenvalue weighted by atomic mass is 9.73. The Balaban J connectivity index is 1.58. The van der Waals surface area contributed by atoms with Crippen LogP contribution in [0.25, 0.3) is 0 Å². The van der Waals surface area contributed by atoms with E-state index in [1.54, 1.807) is 31.2 Å². The minimum absolute atomic E-state index is 0.0339. The molecule has 1 heterocycles. The van der Waals surface area contributed by atoms with Crippen molar-refractivity contribution in [2.24, 2.45) is 0 Å². The summed E-state index contributed by atoms with van der Waals surface area (Å²) in [6.07, 6.45) is 2.54. The first kappa shape index (κ1) is 18.2. The van der Waals surface area contributed by atoms with Crippen LogP contribution in [0.4, 0.5) is 5.69 Å². The molecule has 1 atom stereocenters. The van der Waals surface area contributed by atoms with Gasteiger partial charge in [0.1, 0.15) is 0 Å². The maximum atomic E-state index is 13.1. The maximum Gasteiger partial charge on any atom is 0.231 e. The number of fused-ring (bicyclic) bond motifs is 2. The summed E-state index contributed by atoms with van der Waals surface area (Å²) in [5.74, 6) is -0.132. The Bertz CT molecular complexity index is 968. The standard InChI is InChI=1S/C23H23N3O2/c1-16(27)26-11-9-23(10-12-26)14-20(19-7-2-3-8-21(19)23)22(28)25-18-6-4-5-17(13-18)15-24/h2-8,13,20H,9-12,14H2,1H3,(H,25,28). The molecule has 2 aromatic rings. The number of piperidine rings is 1. The Morgan fingerprint density at radius 2 is 1.89 bits per heavy atom. The molecule has 28 heavy (non-hydrogen) atoms. The van der Waals surface area contributed by atoms with Crippen LogP contribution < -0.4 is 5.32 Å². The van der Waals surface area contributed by atoms with Crippen molar-refractivity contribution in [3.05, 3.63) is 65.2 Å². The minimum Gasteiger partial charge on any atom is -0.343 e. The molecule has 1 spiro atoms. The summed E-state index contributed by atoms with van der Waals surface area (Å²) in [5.41, 5.74) is 3.47. The number of rotatable bonds is 2. The number of amides is 2. The molecule has 5 heteroatoms. The van der Waals surface area contributed by atoms with E-state index in [2.05, 4.69) is 23.5 Å². The second kappa shape index (κ2) is 7.12. The summed E-state index contributed by atoms with van der Waals surface area (Å²) in [4.78, 5) is 26.7. The Morgan fingerprint density at radius 3 is 2.61 bits per heavy atom. The van der Waals surface area contributed by atoms with Gasteiger partial charge in [-0.15, -0.1) is 0 Å². The molecule has 0 radical (unpaired) electrons. The van der Waals surface area contributed by atoms with E-state index in [0.29, 0.717) is 11.3 Å². The third kappa shape index (κ3) is 3.16. The van der Waals surface area contributed by atoms with Crippen LogP contribution in [0, 0.1) is 11.3 Å². The van der Waals surface area contributed by atoms with E-state index < -0.39 is 0 Å². The highest BCUT2D eigenvalue weighted by molar-refractivity contribution is 5.97. The lowest BCUT2D eigenvalue weighted by Crippen LogP contribution is -2.43. The zero-order valence-electron chi connectivity index (χ0n) is 15.9. The molecule has 0 aromatic heterocycles. The first-order valence-corrected chi connectivity index (χ1v) is 9.68. The van der Waals surface area contributed by atoms with Crippen LogP contribution in [0.1, 0.15) is 48.8 Å². The average Bonchev–Trinajstić information content (AvgIpc) is 3.03. The molecule has 1 N–H and O–H groups in total. The van der Waals surface area contributed by atoms with Crippen molar-refractivity contribution in [3.63, 3.8) is 0 Å². The summed E-state index contributed by atoms with van der Waals surface area (Å²) in [5, 5.41) is 12.1. The summed E-state index contributed by atoms with van der Waals surface area (Å²) in [7, 11) is 0. The van der Waals surface area contributed by atoms with Crippen molar-refractivity contribution < 1.29 is 9.59 Å². The van der Waals surface area contributed by atoms with Gasteiger partial charge in [0, 0.05) is 31.1 Å². The molecule has 1 aliphatic carbocycles. The van der Waals surface area contributed by atoms with E-state index in [4.69, 9.17) is 5.26 Å². The monoisotopic (exact) mass is 373 g/mol. The topological polar surface area (TPSA) is 73.2 Å².